The van der Waals surface area contributed by atoms with Crippen LogP contribution in [0, 0.1) is 11.3 Å². The van der Waals surface area contributed by atoms with Crippen LogP contribution in [0.1, 0.15) is 42.4 Å². The Balaban J connectivity index is 2.05. The molecule has 0 unspecified atom stereocenters. The number of carbonyl (C=O) groups is 1. The van der Waals surface area contributed by atoms with Crippen LogP contribution in [0.25, 0.3) is 17.0 Å². The Labute approximate surface area is 140 Å². The standard InChI is InChI=1S/C19H18N4O/c1-19(2,3)18-13(10-22-23-18)8-12(9-20)17(24)15-11-21-16-7-5-4-6-14(15)16/h4-8,10-11,21H,1-3H3,(H,22,23)/b12-8+. The summed E-state index contributed by atoms with van der Waals surface area (Å²) in [5.74, 6) is -0.295. The molecule has 120 valence electrons. The van der Waals surface area contributed by atoms with Gasteiger partial charge in [0.25, 0.3) is 0 Å². The third-order valence-corrected chi connectivity index (χ3v) is 3.92. The van der Waals surface area contributed by atoms with Crippen molar-refractivity contribution in [2.75, 3.05) is 0 Å². The highest BCUT2D eigenvalue weighted by Crippen LogP contribution is 2.26. The Morgan fingerprint density at radius 1 is 1.29 bits per heavy atom. The molecule has 0 radical (unpaired) electrons. The van der Waals surface area contributed by atoms with Gasteiger partial charge in [-0.15, -0.1) is 0 Å². The largest absolute Gasteiger partial charge is 0.360 e. The maximum Gasteiger partial charge on any atom is 0.205 e. The summed E-state index contributed by atoms with van der Waals surface area (Å²) in [5.41, 5.74) is 2.95. The molecule has 2 aromatic heterocycles. The van der Waals surface area contributed by atoms with Crippen molar-refractivity contribution in [1.29, 1.82) is 5.26 Å². The van der Waals surface area contributed by atoms with E-state index in [1.54, 1.807) is 18.5 Å². The first-order valence-corrected chi connectivity index (χ1v) is 7.68. The fourth-order valence-electron chi connectivity index (χ4n) is 2.71. The minimum Gasteiger partial charge on any atom is -0.360 e. The normalized spacial score (nSPS) is 12.3. The molecule has 0 atom stereocenters. The molecule has 5 heteroatoms. The lowest BCUT2D eigenvalue weighted by Gasteiger charge is -2.17. The highest BCUT2D eigenvalue weighted by atomic mass is 16.1. The summed E-state index contributed by atoms with van der Waals surface area (Å²) in [6, 6.07) is 9.56. The third-order valence-electron chi connectivity index (χ3n) is 3.92. The molecule has 0 aliphatic carbocycles. The Morgan fingerprint density at radius 2 is 2.04 bits per heavy atom. The number of allylic oxidation sites excluding steroid dienone is 1. The van der Waals surface area contributed by atoms with Crippen LogP contribution < -0.4 is 0 Å². The van der Waals surface area contributed by atoms with E-state index in [-0.39, 0.29) is 16.8 Å². The van der Waals surface area contributed by atoms with Crippen LogP contribution >= 0.6 is 0 Å². The van der Waals surface area contributed by atoms with Gasteiger partial charge in [0.2, 0.25) is 5.78 Å². The van der Waals surface area contributed by atoms with E-state index in [1.165, 1.54) is 0 Å². The summed E-state index contributed by atoms with van der Waals surface area (Å²) >= 11 is 0. The Bertz CT molecular complexity index is 977. The Kier molecular flexibility index (Phi) is 3.82. The van der Waals surface area contributed by atoms with Crippen molar-refractivity contribution in [2.24, 2.45) is 0 Å². The SMILES string of the molecule is CC(C)(C)c1[nH]ncc1/C=C(\C#N)C(=O)c1c[nH]c2ccccc12. The van der Waals surface area contributed by atoms with Crippen LogP contribution in [-0.2, 0) is 5.41 Å². The van der Waals surface area contributed by atoms with Crippen molar-refractivity contribution in [3.05, 3.63) is 59.1 Å². The number of aromatic amines is 2. The molecule has 5 nitrogen and oxygen atoms in total. The lowest BCUT2D eigenvalue weighted by Crippen LogP contribution is -2.13. The summed E-state index contributed by atoms with van der Waals surface area (Å²) in [6.45, 7) is 6.14. The smallest absolute Gasteiger partial charge is 0.205 e. The van der Waals surface area contributed by atoms with Gasteiger partial charge in [0.1, 0.15) is 11.6 Å². The average Bonchev–Trinajstić information content (AvgIpc) is 3.18. The van der Waals surface area contributed by atoms with E-state index in [4.69, 9.17) is 0 Å². The Morgan fingerprint density at radius 3 is 2.75 bits per heavy atom. The predicted molar refractivity (Wildman–Crippen MR) is 93.5 cm³/mol. The maximum absolute atomic E-state index is 12.8. The number of aromatic nitrogens is 3. The molecule has 2 N–H and O–H groups in total. The van der Waals surface area contributed by atoms with E-state index < -0.39 is 0 Å². The Hall–Kier alpha value is -3.13. The number of nitriles is 1. The van der Waals surface area contributed by atoms with Gasteiger partial charge in [-0.25, -0.2) is 0 Å². The number of ketones is 1. The molecule has 1 aromatic carbocycles. The van der Waals surface area contributed by atoms with Gasteiger partial charge in [-0.1, -0.05) is 39.0 Å². The number of rotatable bonds is 3. The molecular weight excluding hydrogens is 300 g/mol. The number of H-pyrrole nitrogens is 2. The van der Waals surface area contributed by atoms with Gasteiger partial charge in [0.05, 0.1) is 6.20 Å². The highest BCUT2D eigenvalue weighted by Gasteiger charge is 2.21. The summed E-state index contributed by atoms with van der Waals surface area (Å²) in [4.78, 5) is 15.9. The zero-order valence-corrected chi connectivity index (χ0v) is 13.8. The van der Waals surface area contributed by atoms with E-state index in [0.29, 0.717) is 5.56 Å². The van der Waals surface area contributed by atoms with Gasteiger partial charge in [0.15, 0.2) is 0 Å². The van der Waals surface area contributed by atoms with Gasteiger partial charge in [-0.3, -0.25) is 9.89 Å². The number of benzene rings is 1. The van der Waals surface area contributed by atoms with Gasteiger partial charge in [-0.2, -0.15) is 10.4 Å². The van der Waals surface area contributed by atoms with Crippen LogP contribution in [0.2, 0.25) is 0 Å². The van der Waals surface area contributed by atoms with E-state index >= 15 is 0 Å². The first-order valence-electron chi connectivity index (χ1n) is 7.68. The lowest BCUT2D eigenvalue weighted by molar-refractivity contribution is 0.104. The molecule has 0 saturated carbocycles. The molecule has 3 rings (SSSR count). The fraction of sp³-hybridized carbons (Fsp3) is 0.211. The summed E-state index contributed by atoms with van der Waals surface area (Å²) in [6.07, 6.45) is 4.90. The van der Waals surface area contributed by atoms with Crippen LogP contribution in [0.15, 0.2) is 42.2 Å². The van der Waals surface area contributed by atoms with E-state index in [1.807, 2.05) is 51.1 Å². The van der Waals surface area contributed by atoms with Crippen LogP contribution in [0.4, 0.5) is 0 Å². The molecule has 2 heterocycles. The van der Waals surface area contributed by atoms with Gasteiger partial charge in [-0.05, 0) is 12.1 Å². The molecule has 0 spiro atoms. The van der Waals surface area contributed by atoms with Gasteiger partial charge in [0, 0.05) is 39.3 Å². The van der Waals surface area contributed by atoms with Crippen molar-refractivity contribution in [1.82, 2.24) is 15.2 Å². The van der Waals surface area contributed by atoms with E-state index in [2.05, 4.69) is 15.2 Å². The zero-order chi connectivity index (χ0) is 17.3. The molecule has 0 saturated heterocycles. The second-order valence-electron chi connectivity index (χ2n) is 6.70. The summed E-state index contributed by atoms with van der Waals surface area (Å²) in [5, 5.41) is 17.3. The van der Waals surface area contributed by atoms with Crippen molar-refractivity contribution >= 4 is 22.8 Å². The molecule has 0 bridgehead atoms. The summed E-state index contributed by atoms with van der Waals surface area (Å²) in [7, 11) is 0. The monoisotopic (exact) mass is 318 g/mol. The number of carbonyl (C=O) groups excluding carboxylic acids is 1. The third kappa shape index (κ3) is 2.74. The van der Waals surface area contributed by atoms with Gasteiger partial charge < -0.3 is 4.98 Å². The first kappa shape index (κ1) is 15.8. The molecular formula is C19H18N4O. The van der Waals surface area contributed by atoms with Crippen LogP contribution in [0.5, 0.6) is 0 Å². The molecule has 0 aliphatic rings. The minimum absolute atomic E-state index is 0.0895. The summed E-state index contributed by atoms with van der Waals surface area (Å²) < 4.78 is 0. The van der Waals surface area contributed by atoms with Crippen LogP contribution in [-0.4, -0.2) is 21.0 Å². The average molecular weight is 318 g/mol. The minimum atomic E-state index is -0.295. The van der Waals surface area contributed by atoms with Crippen molar-refractivity contribution in [2.45, 2.75) is 26.2 Å². The van der Waals surface area contributed by atoms with Crippen molar-refractivity contribution in [3.63, 3.8) is 0 Å². The number of hydrogen-bond acceptors (Lipinski definition) is 3. The molecule has 0 amide bonds. The molecule has 3 aromatic rings. The van der Waals surface area contributed by atoms with Crippen LogP contribution in [0.3, 0.4) is 0 Å². The lowest BCUT2D eigenvalue weighted by atomic mass is 9.89. The number of nitrogens with one attached hydrogen (secondary N) is 2. The number of nitrogens with zero attached hydrogens (tertiary/aromatic N) is 2. The molecule has 24 heavy (non-hydrogen) atoms. The van der Waals surface area contributed by atoms with E-state index in [0.717, 1.165) is 22.2 Å². The van der Waals surface area contributed by atoms with E-state index in [9.17, 15) is 10.1 Å². The van der Waals surface area contributed by atoms with Crippen molar-refractivity contribution in [3.8, 4) is 6.07 Å². The number of para-hydroxylation sites is 1. The molecule has 0 aliphatic heterocycles. The van der Waals surface area contributed by atoms with Gasteiger partial charge >= 0.3 is 0 Å². The quantitative estimate of drug-likeness (QED) is 0.435. The zero-order valence-electron chi connectivity index (χ0n) is 13.8. The maximum atomic E-state index is 12.8. The fourth-order valence-corrected chi connectivity index (χ4v) is 2.71. The number of Topliss-reactive ketones (excluding diaryl/α,β-unsaturated/α-hetero) is 1. The second kappa shape index (κ2) is 5.82. The number of fused-ring (bicyclic) bond motifs is 1. The second-order valence-corrected chi connectivity index (χ2v) is 6.70. The topological polar surface area (TPSA) is 85.3 Å². The predicted octanol–water partition coefficient (Wildman–Crippen LogP) is 3.98. The highest BCUT2D eigenvalue weighted by molar-refractivity contribution is 6.19. The molecule has 0 fully saturated rings. The first-order chi connectivity index (χ1) is 11.4. The van der Waals surface area contributed by atoms with Crippen molar-refractivity contribution < 1.29 is 4.79 Å². The number of hydrogen-bond donors (Lipinski definition) is 2.